The number of anilines is 1. The number of hydrogen-bond acceptors (Lipinski definition) is 5. The lowest BCUT2D eigenvalue weighted by atomic mass is 10.0. The zero-order valence-electron chi connectivity index (χ0n) is 19.2. The van der Waals surface area contributed by atoms with E-state index >= 15 is 0 Å². The normalized spacial score (nSPS) is 13.0. The van der Waals surface area contributed by atoms with E-state index in [1.54, 1.807) is 14.2 Å². The molecule has 6 heteroatoms. The first-order chi connectivity index (χ1) is 13.4. The van der Waals surface area contributed by atoms with Crippen LogP contribution in [0, 0.1) is 0 Å². The van der Waals surface area contributed by atoms with Gasteiger partial charge >= 0.3 is 0 Å². The van der Waals surface area contributed by atoms with Gasteiger partial charge in [0.1, 0.15) is 6.10 Å². The Morgan fingerprint density at radius 2 is 1.38 bits per heavy atom. The quantitative estimate of drug-likeness (QED) is 0.625. The van der Waals surface area contributed by atoms with Crippen LogP contribution in [0.25, 0.3) is 0 Å². The number of aliphatic hydroxyl groups is 1. The molecule has 1 N–H and O–H groups in total. The summed E-state index contributed by atoms with van der Waals surface area (Å²) in [7, 11) is 5.10. The van der Waals surface area contributed by atoms with Gasteiger partial charge in [-0.2, -0.15) is 0 Å². The largest absolute Gasteiger partial charge is 0.539 e. The molecule has 2 rings (SSSR count). The summed E-state index contributed by atoms with van der Waals surface area (Å²) in [5, 5.41) is 11.0. The van der Waals surface area contributed by atoms with Crippen LogP contribution in [0.3, 0.4) is 0 Å². The smallest absolute Gasteiger partial charge is 0.250 e. The van der Waals surface area contributed by atoms with Crippen LogP contribution in [-0.4, -0.2) is 41.7 Å². The minimum absolute atomic E-state index is 0.0371. The molecule has 0 aliphatic carbocycles. The maximum absolute atomic E-state index is 11.0. The molecule has 1 unspecified atom stereocenters. The van der Waals surface area contributed by atoms with Gasteiger partial charge in [-0.25, -0.2) is 0 Å². The van der Waals surface area contributed by atoms with Crippen molar-refractivity contribution in [2.75, 3.05) is 33.2 Å². The zero-order chi connectivity index (χ0) is 22.0. The van der Waals surface area contributed by atoms with E-state index in [9.17, 15) is 5.11 Å². The van der Waals surface area contributed by atoms with E-state index in [2.05, 4.69) is 33.9 Å². The molecule has 1 atom stereocenters. The Kier molecular flexibility index (Phi) is 6.91. The van der Waals surface area contributed by atoms with Crippen LogP contribution in [0.1, 0.15) is 38.0 Å². The van der Waals surface area contributed by atoms with Crippen molar-refractivity contribution in [2.45, 2.75) is 45.0 Å². The fourth-order valence-corrected chi connectivity index (χ4v) is 3.73. The van der Waals surface area contributed by atoms with E-state index in [1.807, 2.05) is 55.4 Å². The first-order valence-corrected chi connectivity index (χ1v) is 12.7. The first kappa shape index (κ1) is 23.1. The average molecular weight is 418 g/mol. The Bertz CT molecular complexity index is 801. The summed E-state index contributed by atoms with van der Waals surface area (Å²) in [6, 6.07) is 11.5. The summed E-state index contributed by atoms with van der Waals surface area (Å²) in [6.45, 7) is 10.9. The third-order valence-electron chi connectivity index (χ3n) is 5.69. The maximum atomic E-state index is 11.0. The van der Waals surface area contributed by atoms with Crippen LogP contribution >= 0.6 is 0 Å². The highest BCUT2D eigenvalue weighted by atomic mass is 28.4. The summed E-state index contributed by atoms with van der Waals surface area (Å²) >= 11 is 0. The highest BCUT2D eigenvalue weighted by Crippen LogP contribution is 2.46. The van der Waals surface area contributed by atoms with Crippen molar-refractivity contribution >= 4 is 14.0 Å². The van der Waals surface area contributed by atoms with Gasteiger partial charge in [0.2, 0.25) is 0 Å². The molecule has 0 saturated heterocycles. The number of aliphatic hydroxyl groups excluding tert-OH is 1. The predicted molar refractivity (Wildman–Crippen MR) is 122 cm³/mol. The number of hydrogen-bond donors (Lipinski definition) is 1. The topological polar surface area (TPSA) is 51.2 Å². The van der Waals surface area contributed by atoms with Crippen LogP contribution in [0.4, 0.5) is 5.69 Å². The molecule has 0 amide bonds. The molecule has 160 valence electrons. The molecular weight excluding hydrogens is 382 g/mol. The van der Waals surface area contributed by atoms with E-state index in [0.717, 1.165) is 11.3 Å². The molecule has 0 fully saturated rings. The van der Waals surface area contributed by atoms with E-state index in [4.69, 9.17) is 13.9 Å². The van der Waals surface area contributed by atoms with Gasteiger partial charge in [0.15, 0.2) is 17.2 Å². The first-order valence-electron chi connectivity index (χ1n) is 9.81. The monoisotopic (exact) mass is 417 g/mol. The van der Waals surface area contributed by atoms with Crippen molar-refractivity contribution in [1.82, 2.24) is 0 Å². The SMILES string of the molecule is COc1cc(C(O)c2ccc(N(C)C)cc2)cc(OC)c1O[Si](C)(C)C(C)(C)C. The van der Waals surface area contributed by atoms with Gasteiger partial charge in [0.25, 0.3) is 8.32 Å². The van der Waals surface area contributed by atoms with Crippen molar-refractivity contribution in [3.05, 3.63) is 47.5 Å². The third-order valence-corrected chi connectivity index (χ3v) is 10.0. The molecule has 5 nitrogen and oxygen atoms in total. The molecule has 0 heterocycles. The minimum Gasteiger partial charge on any atom is -0.539 e. The lowest BCUT2D eigenvalue weighted by Gasteiger charge is -2.37. The fourth-order valence-electron chi connectivity index (χ4n) is 2.71. The highest BCUT2D eigenvalue weighted by molar-refractivity contribution is 6.74. The van der Waals surface area contributed by atoms with Crippen LogP contribution < -0.4 is 18.8 Å². The average Bonchev–Trinajstić information content (AvgIpc) is 2.66. The second-order valence-electron chi connectivity index (χ2n) is 9.01. The Hall–Kier alpha value is -2.18. The number of benzene rings is 2. The Labute approximate surface area is 176 Å². The number of methoxy groups -OCH3 is 2. The van der Waals surface area contributed by atoms with Gasteiger partial charge in [0.05, 0.1) is 14.2 Å². The van der Waals surface area contributed by atoms with Crippen molar-refractivity contribution in [2.24, 2.45) is 0 Å². The van der Waals surface area contributed by atoms with Crippen LogP contribution in [0.5, 0.6) is 17.2 Å². The Balaban J connectivity index is 2.45. The molecule has 0 spiro atoms. The third kappa shape index (κ3) is 5.06. The van der Waals surface area contributed by atoms with Gasteiger partial charge in [-0.15, -0.1) is 0 Å². The van der Waals surface area contributed by atoms with Gasteiger partial charge < -0.3 is 23.9 Å². The van der Waals surface area contributed by atoms with E-state index in [1.165, 1.54) is 0 Å². The summed E-state index contributed by atoms with van der Waals surface area (Å²) in [6.07, 6.45) is -0.795. The molecule has 0 aliphatic heterocycles. The second kappa shape index (κ2) is 8.67. The lowest BCUT2D eigenvalue weighted by molar-refractivity contribution is 0.219. The van der Waals surface area contributed by atoms with Crippen LogP contribution in [0.15, 0.2) is 36.4 Å². The highest BCUT2D eigenvalue weighted by Gasteiger charge is 2.40. The standard InChI is InChI=1S/C23H35NO4Si/c1-23(2,3)29(8,9)28-22-19(26-6)14-17(15-20(22)27-7)21(25)16-10-12-18(13-11-16)24(4)5/h10-15,21,25H,1-9H3. The van der Waals surface area contributed by atoms with Crippen molar-refractivity contribution in [3.63, 3.8) is 0 Å². The molecule has 0 aromatic heterocycles. The summed E-state index contributed by atoms with van der Waals surface area (Å²) < 4.78 is 17.7. The molecule has 2 aromatic rings. The maximum Gasteiger partial charge on any atom is 0.250 e. The second-order valence-corrected chi connectivity index (χ2v) is 13.7. The van der Waals surface area contributed by atoms with Gasteiger partial charge in [-0.3, -0.25) is 0 Å². The van der Waals surface area contributed by atoms with Crippen LogP contribution in [0.2, 0.25) is 18.1 Å². The summed E-state index contributed by atoms with van der Waals surface area (Å²) in [5.41, 5.74) is 2.57. The number of nitrogens with zero attached hydrogens (tertiary/aromatic N) is 1. The molecule has 0 radical (unpaired) electrons. The molecule has 2 aromatic carbocycles. The summed E-state index contributed by atoms with van der Waals surface area (Å²) in [5.74, 6) is 1.72. The number of ether oxygens (including phenoxy) is 2. The minimum atomic E-state index is -2.09. The molecular formula is C23H35NO4Si. The predicted octanol–water partition coefficient (Wildman–Crippen LogP) is 5.24. The molecule has 0 aliphatic rings. The van der Waals surface area contributed by atoms with Gasteiger partial charge in [-0.05, 0) is 53.5 Å². The van der Waals surface area contributed by atoms with Gasteiger partial charge in [-0.1, -0.05) is 32.9 Å². The molecule has 0 saturated carbocycles. The van der Waals surface area contributed by atoms with Gasteiger partial charge in [0, 0.05) is 19.8 Å². The van der Waals surface area contributed by atoms with E-state index in [0.29, 0.717) is 22.8 Å². The lowest BCUT2D eigenvalue weighted by Crippen LogP contribution is -2.44. The fraction of sp³-hybridized carbons (Fsp3) is 0.478. The zero-order valence-corrected chi connectivity index (χ0v) is 20.2. The van der Waals surface area contributed by atoms with Crippen molar-refractivity contribution < 1.29 is 19.0 Å². The Morgan fingerprint density at radius 1 is 0.897 bits per heavy atom. The van der Waals surface area contributed by atoms with Crippen molar-refractivity contribution in [1.29, 1.82) is 0 Å². The van der Waals surface area contributed by atoms with Crippen LogP contribution in [-0.2, 0) is 0 Å². The van der Waals surface area contributed by atoms with Crippen molar-refractivity contribution in [3.8, 4) is 17.2 Å². The Morgan fingerprint density at radius 3 is 1.76 bits per heavy atom. The summed E-state index contributed by atoms with van der Waals surface area (Å²) in [4.78, 5) is 2.02. The molecule has 0 bridgehead atoms. The number of rotatable bonds is 7. The van der Waals surface area contributed by atoms with E-state index in [-0.39, 0.29) is 5.04 Å². The molecule has 29 heavy (non-hydrogen) atoms. The van der Waals surface area contributed by atoms with E-state index < -0.39 is 14.4 Å².